The summed E-state index contributed by atoms with van der Waals surface area (Å²) in [7, 11) is 0. The molecule has 1 N–H and O–H groups in total. The molecule has 1 aromatic heterocycles. The van der Waals surface area contributed by atoms with Crippen molar-refractivity contribution in [1.29, 1.82) is 0 Å². The topological polar surface area (TPSA) is 35.2 Å². The largest absolute Gasteiger partial charge is 0.340 e. The smallest absolute Gasteiger partial charge is 0.203 e. The Morgan fingerprint density at radius 1 is 1.16 bits per heavy atom. The second-order valence-electron chi connectivity index (χ2n) is 5.11. The number of hydrogen-bond acceptors (Lipinski definition) is 3. The Kier molecular flexibility index (Phi) is 3.69. The van der Waals surface area contributed by atoms with E-state index in [1.54, 1.807) is 0 Å². The van der Waals surface area contributed by atoms with Crippen LogP contribution in [-0.2, 0) is 0 Å². The van der Waals surface area contributed by atoms with Crippen molar-refractivity contribution < 1.29 is 0 Å². The molecule has 4 heteroatoms. The fourth-order valence-corrected chi connectivity index (χ4v) is 2.61. The molecule has 1 aliphatic rings. The second kappa shape index (κ2) is 5.61. The molecule has 0 amide bonds. The molecule has 4 nitrogen and oxygen atoms in total. The van der Waals surface area contributed by atoms with E-state index < -0.39 is 0 Å². The summed E-state index contributed by atoms with van der Waals surface area (Å²) in [6, 6.07) is 8.21. The van der Waals surface area contributed by atoms with Crippen molar-refractivity contribution in [3.05, 3.63) is 31.2 Å². The minimum absolute atomic E-state index is 1.01. The predicted octanol–water partition coefficient (Wildman–Crippen LogP) is 2.30. The van der Waals surface area contributed by atoms with Crippen molar-refractivity contribution in [2.45, 2.75) is 12.8 Å². The number of aromatic amines is 1. The van der Waals surface area contributed by atoms with Crippen LogP contribution in [0.4, 0.5) is 5.95 Å². The van der Waals surface area contributed by atoms with E-state index in [4.69, 9.17) is 0 Å². The summed E-state index contributed by atoms with van der Waals surface area (Å²) in [6.45, 7) is 9.43. The van der Waals surface area contributed by atoms with Crippen LogP contribution in [0.25, 0.3) is 11.0 Å². The van der Waals surface area contributed by atoms with E-state index in [-0.39, 0.29) is 0 Å². The molecule has 1 aromatic carbocycles. The number of fused-ring (bicyclic) bond motifs is 1. The standard InChI is InChI=1S/C15H21N4/c1-2-3-8-18-9-11-19(12-10-18)15-16-13-6-4-5-7-14(13)17-15/h4-7H,1-3,8-12H2,(H,16,17). The molecule has 0 spiro atoms. The maximum atomic E-state index is 4.67. The zero-order valence-corrected chi connectivity index (χ0v) is 11.3. The molecule has 0 saturated carbocycles. The van der Waals surface area contributed by atoms with Crippen LogP contribution >= 0.6 is 0 Å². The number of hydrogen-bond donors (Lipinski definition) is 1. The van der Waals surface area contributed by atoms with Gasteiger partial charge in [-0.3, -0.25) is 4.90 Å². The number of H-pyrrole nitrogens is 1. The first-order valence-electron chi connectivity index (χ1n) is 7.08. The number of anilines is 1. The summed E-state index contributed by atoms with van der Waals surface area (Å²) < 4.78 is 0. The average Bonchev–Trinajstić information content (AvgIpc) is 2.89. The third-order valence-corrected chi connectivity index (χ3v) is 3.77. The minimum Gasteiger partial charge on any atom is -0.340 e. The Balaban J connectivity index is 1.64. The molecule has 0 bridgehead atoms. The van der Waals surface area contributed by atoms with Gasteiger partial charge in [0.1, 0.15) is 0 Å². The van der Waals surface area contributed by atoms with E-state index in [9.17, 15) is 0 Å². The molecule has 1 radical (unpaired) electrons. The van der Waals surface area contributed by atoms with Gasteiger partial charge in [-0.1, -0.05) is 25.5 Å². The number of piperazine rings is 1. The summed E-state index contributed by atoms with van der Waals surface area (Å²) >= 11 is 0. The number of benzene rings is 1. The number of rotatable bonds is 4. The molecule has 2 heterocycles. The van der Waals surface area contributed by atoms with Gasteiger partial charge in [0, 0.05) is 26.2 Å². The van der Waals surface area contributed by atoms with Gasteiger partial charge in [0.25, 0.3) is 0 Å². The van der Waals surface area contributed by atoms with Gasteiger partial charge in [-0.05, 0) is 25.1 Å². The lowest BCUT2D eigenvalue weighted by atomic mass is 10.2. The van der Waals surface area contributed by atoms with Crippen LogP contribution in [0.5, 0.6) is 0 Å². The molecule has 19 heavy (non-hydrogen) atoms. The van der Waals surface area contributed by atoms with Gasteiger partial charge >= 0.3 is 0 Å². The second-order valence-corrected chi connectivity index (χ2v) is 5.11. The highest BCUT2D eigenvalue weighted by atomic mass is 15.3. The molecular formula is C15H21N4. The van der Waals surface area contributed by atoms with Gasteiger partial charge in [-0.2, -0.15) is 0 Å². The summed E-state index contributed by atoms with van der Waals surface area (Å²) in [4.78, 5) is 12.9. The van der Waals surface area contributed by atoms with Crippen molar-refractivity contribution in [1.82, 2.24) is 14.9 Å². The van der Waals surface area contributed by atoms with Crippen LogP contribution in [-0.4, -0.2) is 47.6 Å². The quantitative estimate of drug-likeness (QED) is 0.913. The third-order valence-electron chi connectivity index (χ3n) is 3.77. The van der Waals surface area contributed by atoms with E-state index in [1.165, 1.54) is 13.0 Å². The SMILES string of the molecule is [CH2]CCCN1CCN(c2nc3ccccc3[nH]2)CC1. The highest BCUT2D eigenvalue weighted by Crippen LogP contribution is 2.18. The molecule has 101 valence electrons. The fourth-order valence-electron chi connectivity index (χ4n) is 2.61. The van der Waals surface area contributed by atoms with Crippen LogP contribution in [0, 0.1) is 6.92 Å². The van der Waals surface area contributed by atoms with Crippen molar-refractivity contribution in [2.24, 2.45) is 0 Å². The first-order valence-corrected chi connectivity index (χ1v) is 7.08. The van der Waals surface area contributed by atoms with Crippen LogP contribution in [0.15, 0.2) is 24.3 Å². The Morgan fingerprint density at radius 3 is 2.68 bits per heavy atom. The van der Waals surface area contributed by atoms with Gasteiger partial charge in [0.05, 0.1) is 11.0 Å². The number of imidazole rings is 1. The first-order chi connectivity index (χ1) is 9.36. The Labute approximate surface area is 114 Å². The number of para-hydroxylation sites is 2. The van der Waals surface area contributed by atoms with E-state index in [1.807, 2.05) is 12.1 Å². The van der Waals surface area contributed by atoms with Crippen LogP contribution < -0.4 is 4.90 Å². The van der Waals surface area contributed by atoms with Gasteiger partial charge in [0.15, 0.2) is 0 Å². The van der Waals surface area contributed by atoms with Gasteiger partial charge in [-0.15, -0.1) is 0 Å². The molecule has 0 unspecified atom stereocenters. The molecule has 1 aliphatic heterocycles. The van der Waals surface area contributed by atoms with Gasteiger partial charge < -0.3 is 9.88 Å². The lowest BCUT2D eigenvalue weighted by Crippen LogP contribution is -2.47. The van der Waals surface area contributed by atoms with Gasteiger partial charge in [-0.25, -0.2) is 4.98 Å². The van der Waals surface area contributed by atoms with Crippen molar-refractivity contribution >= 4 is 17.0 Å². The molecule has 0 aliphatic carbocycles. The molecule has 0 atom stereocenters. The Hall–Kier alpha value is -1.55. The lowest BCUT2D eigenvalue weighted by Gasteiger charge is -2.34. The Morgan fingerprint density at radius 2 is 1.95 bits per heavy atom. The zero-order valence-electron chi connectivity index (χ0n) is 11.3. The van der Waals surface area contributed by atoms with Crippen molar-refractivity contribution in [3.63, 3.8) is 0 Å². The molecule has 2 aromatic rings. The molecule has 1 fully saturated rings. The number of unbranched alkanes of at least 4 members (excludes halogenated alkanes) is 1. The van der Waals surface area contributed by atoms with E-state index in [0.29, 0.717) is 0 Å². The van der Waals surface area contributed by atoms with E-state index >= 15 is 0 Å². The van der Waals surface area contributed by atoms with Crippen LogP contribution in [0.1, 0.15) is 12.8 Å². The number of nitrogens with one attached hydrogen (secondary N) is 1. The molecular weight excluding hydrogens is 236 g/mol. The van der Waals surface area contributed by atoms with Crippen molar-refractivity contribution in [3.8, 4) is 0 Å². The zero-order chi connectivity index (χ0) is 13.1. The number of nitrogens with zero attached hydrogens (tertiary/aromatic N) is 3. The normalized spacial score (nSPS) is 17.2. The van der Waals surface area contributed by atoms with Crippen molar-refractivity contribution in [2.75, 3.05) is 37.6 Å². The maximum absolute atomic E-state index is 4.67. The maximum Gasteiger partial charge on any atom is 0.203 e. The number of aromatic nitrogens is 2. The summed E-state index contributed by atoms with van der Waals surface area (Å²) in [6.07, 6.45) is 2.23. The Bertz CT molecular complexity index is 493. The summed E-state index contributed by atoms with van der Waals surface area (Å²) in [5, 5.41) is 0. The van der Waals surface area contributed by atoms with Gasteiger partial charge in [0.2, 0.25) is 5.95 Å². The van der Waals surface area contributed by atoms with E-state index in [2.05, 4.69) is 38.8 Å². The van der Waals surface area contributed by atoms with Crippen LogP contribution in [0.3, 0.4) is 0 Å². The first kappa shape index (κ1) is 12.5. The molecule has 1 saturated heterocycles. The third kappa shape index (κ3) is 2.73. The minimum atomic E-state index is 1.01. The van der Waals surface area contributed by atoms with Crippen LogP contribution in [0.2, 0.25) is 0 Å². The molecule has 3 rings (SSSR count). The predicted molar refractivity (Wildman–Crippen MR) is 79.3 cm³/mol. The summed E-state index contributed by atoms with van der Waals surface area (Å²) in [5.74, 6) is 1.01. The fraction of sp³-hybridized carbons (Fsp3) is 0.467. The summed E-state index contributed by atoms with van der Waals surface area (Å²) in [5.41, 5.74) is 2.17. The van der Waals surface area contributed by atoms with E-state index in [0.717, 1.165) is 49.6 Å². The average molecular weight is 257 g/mol. The highest BCUT2D eigenvalue weighted by molar-refractivity contribution is 5.77. The lowest BCUT2D eigenvalue weighted by molar-refractivity contribution is 0.254. The monoisotopic (exact) mass is 257 g/mol. The highest BCUT2D eigenvalue weighted by Gasteiger charge is 2.18.